The molecule has 0 aromatic rings. The molecule has 0 aromatic carbocycles. The molecule has 3 heteroatoms. The van der Waals surface area contributed by atoms with Crippen LogP contribution in [-0.4, -0.2) is 43.0 Å². The molecular weight excluding hydrogens is 214 g/mol. The highest BCUT2D eigenvalue weighted by Crippen LogP contribution is 2.37. The fraction of sp³-hybridized carbons (Fsp3) is 1.00. The second-order valence-electron chi connectivity index (χ2n) is 5.88. The number of piperidine rings is 1. The zero-order valence-corrected chi connectivity index (χ0v) is 10.8. The Morgan fingerprint density at radius 1 is 0.941 bits per heavy atom. The number of rotatable bonds is 2. The number of hydrogen-bond acceptors (Lipinski definition) is 3. The first kappa shape index (κ1) is 11.9. The Kier molecular flexibility index (Phi) is 3.69. The van der Waals surface area contributed by atoms with E-state index in [-0.39, 0.29) is 5.79 Å². The van der Waals surface area contributed by atoms with Crippen molar-refractivity contribution < 1.29 is 9.47 Å². The first-order chi connectivity index (χ1) is 8.36. The lowest BCUT2D eigenvalue weighted by molar-refractivity contribution is -0.188. The van der Waals surface area contributed by atoms with Crippen molar-refractivity contribution in [3.05, 3.63) is 0 Å². The van der Waals surface area contributed by atoms with Crippen LogP contribution in [-0.2, 0) is 9.47 Å². The summed E-state index contributed by atoms with van der Waals surface area (Å²) in [6, 6.07) is 0. The maximum absolute atomic E-state index is 6.23. The Morgan fingerprint density at radius 3 is 2.41 bits per heavy atom. The monoisotopic (exact) mass is 239 g/mol. The van der Waals surface area contributed by atoms with Crippen LogP contribution >= 0.6 is 0 Å². The van der Waals surface area contributed by atoms with Gasteiger partial charge in [0.2, 0.25) is 0 Å². The highest BCUT2D eigenvalue weighted by molar-refractivity contribution is 4.84. The molecule has 3 fully saturated rings. The molecule has 1 spiro atoms. The molecule has 3 rings (SSSR count). The lowest BCUT2D eigenvalue weighted by Crippen LogP contribution is -2.39. The van der Waals surface area contributed by atoms with E-state index >= 15 is 0 Å². The fourth-order valence-electron chi connectivity index (χ4n) is 3.49. The zero-order chi connectivity index (χ0) is 11.6. The Hall–Kier alpha value is -0.120. The molecule has 1 atom stereocenters. The molecule has 3 nitrogen and oxygen atoms in total. The Bertz CT molecular complexity index is 245. The van der Waals surface area contributed by atoms with Gasteiger partial charge in [-0.05, 0) is 38.8 Å². The van der Waals surface area contributed by atoms with Crippen LogP contribution in [0.25, 0.3) is 0 Å². The highest BCUT2D eigenvalue weighted by atomic mass is 16.7. The summed E-state index contributed by atoms with van der Waals surface area (Å²) in [7, 11) is 0. The maximum Gasteiger partial charge on any atom is 0.168 e. The van der Waals surface area contributed by atoms with Crippen molar-refractivity contribution in [3.63, 3.8) is 0 Å². The summed E-state index contributed by atoms with van der Waals surface area (Å²) in [6.07, 6.45) is 10.6. The predicted molar refractivity (Wildman–Crippen MR) is 66.9 cm³/mol. The van der Waals surface area contributed by atoms with Gasteiger partial charge in [0.1, 0.15) is 0 Å². The molecule has 0 radical (unpaired) electrons. The van der Waals surface area contributed by atoms with Crippen LogP contribution in [0.2, 0.25) is 0 Å². The Morgan fingerprint density at radius 2 is 1.65 bits per heavy atom. The topological polar surface area (TPSA) is 21.7 Å². The van der Waals surface area contributed by atoms with Crippen molar-refractivity contribution in [2.75, 3.05) is 26.2 Å². The van der Waals surface area contributed by atoms with Crippen LogP contribution in [0.4, 0.5) is 0 Å². The zero-order valence-electron chi connectivity index (χ0n) is 10.8. The van der Waals surface area contributed by atoms with E-state index in [4.69, 9.17) is 9.47 Å². The first-order valence-corrected chi connectivity index (χ1v) is 7.40. The van der Waals surface area contributed by atoms with Gasteiger partial charge in [-0.2, -0.15) is 0 Å². The SMILES string of the molecule is C1CCN(C[C@@H]2COC3(CCCCC3)O2)CC1. The van der Waals surface area contributed by atoms with Gasteiger partial charge in [-0.3, -0.25) is 0 Å². The first-order valence-electron chi connectivity index (χ1n) is 7.40. The van der Waals surface area contributed by atoms with Crippen LogP contribution < -0.4 is 0 Å². The smallest absolute Gasteiger partial charge is 0.168 e. The van der Waals surface area contributed by atoms with E-state index in [0.29, 0.717) is 6.10 Å². The summed E-state index contributed by atoms with van der Waals surface area (Å²) in [5.41, 5.74) is 0. The van der Waals surface area contributed by atoms with Crippen LogP contribution in [0.3, 0.4) is 0 Å². The van der Waals surface area contributed by atoms with E-state index in [1.807, 2.05) is 0 Å². The van der Waals surface area contributed by atoms with E-state index in [2.05, 4.69) is 4.90 Å². The average Bonchev–Trinajstić information content (AvgIpc) is 2.74. The number of ether oxygens (including phenoxy) is 2. The molecule has 2 heterocycles. The summed E-state index contributed by atoms with van der Waals surface area (Å²) in [5.74, 6) is -0.182. The number of hydrogen-bond donors (Lipinski definition) is 0. The van der Waals surface area contributed by atoms with Gasteiger partial charge in [0, 0.05) is 19.4 Å². The quantitative estimate of drug-likeness (QED) is 0.739. The highest BCUT2D eigenvalue weighted by Gasteiger charge is 2.42. The molecule has 0 N–H and O–H groups in total. The third-order valence-corrected chi connectivity index (χ3v) is 4.44. The Balaban J connectivity index is 1.49. The lowest BCUT2D eigenvalue weighted by Gasteiger charge is -2.33. The molecule has 2 saturated heterocycles. The molecule has 3 aliphatic rings. The minimum Gasteiger partial charge on any atom is -0.347 e. The normalized spacial score (nSPS) is 34.2. The van der Waals surface area contributed by atoms with Crippen LogP contribution in [0, 0.1) is 0 Å². The molecule has 0 bridgehead atoms. The van der Waals surface area contributed by atoms with E-state index in [0.717, 1.165) is 26.0 Å². The van der Waals surface area contributed by atoms with Crippen LogP contribution in [0.1, 0.15) is 51.4 Å². The van der Waals surface area contributed by atoms with E-state index in [1.165, 1.54) is 51.6 Å². The predicted octanol–water partition coefficient (Wildman–Crippen LogP) is 2.55. The molecule has 98 valence electrons. The van der Waals surface area contributed by atoms with Gasteiger partial charge in [-0.1, -0.05) is 12.8 Å². The van der Waals surface area contributed by atoms with E-state index in [9.17, 15) is 0 Å². The summed E-state index contributed by atoms with van der Waals surface area (Å²) >= 11 is 0. The molecule has 0 amide bonds. The molecule has 17 heavy (non-hydrogen) atoms. The third-order valence-electron chi connectivity index (χ3n) is 4.44. The lowest BCUT2D eigenvalue weighted by atomic mass is 9.94. The summed E-state index contributed by atoms with van der Waals surface area (Å²) < 4.78 is 12.2. The minimum atomic E-state index is -0.182. The number of nitrogens with zero attached hydrogens (tertiary/aromatic N) is 1. The van der Waals surface area contributed by atoms with Gasteiger partial charge in [0.05, 0.1) is 12.7 Å². The van der Waals surface area contributed by atoms with Crippen LogP contribution in [0.15, 0.2) is 0 Å². The van der Waals surface area contributed by atoms with Gasteiger partial charge in [0.15, 0.2) is 5.79 Å². The van der Waals surface area contributed by atoms with Crippen molar-refractivity contribution in [1.29, 1.82) is 0 Å². The van der Waals surface area contributed by atoms with Gasteiger partial charge >= 0.3 is 0 Å². The summed E-state index contributed by atoms with van der Waals surface area (Å²) in [5, 5.41) is 0. The van der Waals surface area contributed by atoms with Crippen molar-refractivity contribution >= 4 is 0 Å². The minimum absolute atomic E-state index is 0.182. The van der Waals surface area contributed by atoms with Gasteiger partial charge in [-0.15, -0.1) is 0 Å². The second-order valence-corrected chi connectivity index (χ2v) is 5.88. The summed E-state index contributed by atoms with van der Waals surface area (Å²) in [4.78, 5) is 2.55. The van der Waals surface area contributed by atoms with Crippen molar-refractivity contribution in [3.8, 4) is 0 Å². The largest absolute Gasteiger partial charge is 0.347 e. The van der Waals surface area contributed by atoms with Gasteiger partial charge < -0.3 is 14.4 Å². The van der Waals surface area contributed by atoms with Crippen molar-refractivity contribution in [2.24, 2.45) is 0 Å². The fourth-order valence-corrected chi connectivity index (χ4v) is 3.49. The third kappa shape index (κ3) is 2.83. The maximum atomic E-state index is 6.23. The van der Waals surface area contributed by atoms with Gasteiger partial charge in [-0.25, -0.2) is 0 Å². The molecular formula is C14H25NO2. The standard InChI is InChI=1S/C14H25NO2/c1-3-7-14(8-4-1)16-12-13(17-14)11-15-9-5-2-6-10-15/h13H,1-12H2/t13-/m1/s1. The van der Waals surface area contributed by atoms with Crippen molar-refractivity contribution in [2.45, 2.75) is 63.3 Å². The Labute approximate surface area is 104 Å². The molecule has 2 aliphatic heterocycles. The van der Waals surface area contributed by atoms with Crippen LogP contribution in [0.5, 0.6) is 0 Å². The molecule has 1 saturated carbocycles. The second kappa shape index (κ2) is 5.25. The number of likely N-dealkylation sites (tertiary alicyclic amines) is 1. The molecule has 1 aliphatic carbocycles. The molecule has 0 aromatic heterocycles. The van der Waals surface area contributed by atoms with E-state index in [1.54, 1.807) is 0 Å². The van der Waals surface area contributed by atoms with E-state index < -0.39 is 0 Å². The molecule has 0 unspecified atom stereocenters. The summed E-state index contributed by atoms with van der Waals surface area (Å²) in [6.45, 7) is 4.41. The van der Waals surface area contributed by atoms with Gasteiger partial charge in [0.25, 0.3) is 0 Å². The average molecular weight is 239 g/mol. The van der Waals surface area contributed by atoms with Crippen molar-refractivity contribution in [1.82, 2.24) is 4.90 Å².